The average Bonchev–Trinajstić information content (AvgIpc) is 2.03. The van der Waals surface area contributed by atoms with Crippen LogP contribution >= 0.6 is 0 Å². The van der Waals surface area contributed by atoms with Gasteiger partial charge in [0.25, 0.3) is 0 Å². The summed E-state index contributed by atoms with van der Waals surface area (Å²) in [6.07, 6.45) is 0. The minimum absolute atomic E-state index is 0.199. The topological polar surface area (TPSA) is 0 Å². The van der Waals surface area contributed by atoms with Gasteiger partial charge in [0.15, 0.2) is 0 Å². The monoisotopic (exact) mass is 190 g/mol. The van der Waals surface area contributed by atoms with E-state index < -0.39 is 0 Å². The van der Waals surface area contributed by atoms with Crippen molar-refractivity contribution in [2.24, 2.45) is 0 Å². The largest absolute Gasteiger partial charge is 0.0761 e. The van der Waals surface area contributed by atoms with Crippen molar-refractivity contribution in [1.82, 2.24) is 0 Å². The van der Waals surface area contributed by atoms with Gasteiger partial charge in [-0.2, -0.15) is 0 Å². The SMILES string of the molecule is C[Si]([Si])[Si]Cc1ccccc1. The first kappa shape index (κ1) is 8.96. The molecule has 1 aromatic rings. The molecule has 0 bridgehead atoms. The zero-order valence-corrected chi connectivity index (χ0v) is 9.59. The smallest absolute Gasteiger partial charge is 0.0273 e. The normalized spacial score (nSPS) is 10.5. The van der Waals surface area contributed by atoms with Gasteiger partial charge in [0, 0.05) is 26.6 Å². The van der Waals surface area contributed by atoms with Crippen LogP contribution in [0, 0.1) is 0 Å². The molecule has 0 spiro atoms. The number of hydrogen-bond donors (Lipinski definition) is 0. The molecule has 54 valence electrons. The van der Waals surface area contributed by atoms with E-state index >= 15 is 0 Å². The van der Waals surface area contributed by atoms with E-state index in [1.54, 1.807) is 0 Å². The van der Waals surface area contributed by atoms with Crippen LogP contribution in [-0.4, -0.2) is 26.6 Å². The zero-order chi connectivity index (χ0) is 8.10. The predicted octanol–water partition coefficient (Wildman–Crippen LogP) is 1.18. The third kappa shape index (κ3) is 3.69. The molecular formula is C8H10Si3. The fourth-order valence-electron chi connectivity index (χ4n) is 0.831. The summed E-state index contributed by atoms with van der Waals surface area (Å²) < 4.78 is 0. The van der Waals surface area contributed by atoms with Crippen molar-refractivity contribution in [3.63, 3.8) is 0 Å². The Morgan fingerprint density at radius 3 is 2.55 bits per heavy atom. The van der Waals surface area contributed by atoms with Crippen molar-refractivity contribution in [3.05, 3.63) is 35.9 Å². The molecule has 0 saturated heterocycles. The second kappa shape index (κ2) is 4.69. The first-order chi connectivity index (χ1) is 5.29. The Morgan fingerprint density at radius 1 is 1.36 bits per heavy atom. The standard InChI is InChI=1S/C8H10Si3/c1-11(9)10-7-8-5-3-2-4-6-8/h2-6H,7H2,1H3. The van der Waals surface area contributed by atoms with Gasteiger partial charge in [-0.15, -0.1) is 0 Å². The molecule has 1 aromatic carbocycles. The first-order valence-electron chi connectivity index (χ1n) is 3.62. The molecule has 0 N–H and O–H groups in total. The Bertz CT molecular complexity index is 196. The Hall–Kier alpha value is -0.129. The highest BCUT2D eigenvalue weighted by atomic mass is 29.5. The zero-order valence-electron chi connectivity index (χ0n) is 6.59. The Kier molecular flexibility index (Phi) is 3.82. The van der Waals surface area contributed by atoms with Crippen molar-refractivity contribution < 1.29 is 0 Å². The lowest BCUT2D eigenvalue weighted by molar-refractivity contribution is 1.40. The quantitative estimate of drug-likeness (QED) is 0.628. The van der Waals surface area contributed by atoms with Crippen LogP contribution in [0.2, 0.25) is 6.55 Å². The minimum atomic E-state index is -0.199. The Labute approximate surface area is 75.5 Å². The van der Waals surface area contributed by atoms with Crippen molar-refractivity contribution >= 4 is 26.6 Å². The average molecular weight is 190 g/mol. The molecule has 3 heteroatoms. The fraction of sp³-hybridized carbons (Fsp3) is 0.250. The van der Waals surface area contributed by atoms with Gasteiger partial charge in [0.2, 0.25) is 0 Å². The molecule has 0 unspecified atom stereocenters. The Morgan fingerprint density at radius 2 is 2.00 bits per heavy atom. The maximum Gasteiger partial charge on any atom is 0.0273 e. The van der Waals surface area contributed by atoms with Crippen molar-refractivity contribution in [1.29, 1.82) is 0 Å². The van der Waals surface area contributed by atoms with Gasteiger partial charge in [0.05, 0.1) is 0 Å². The van der Waals surface area contributed by atoms with E-state index in [4.69, 9.17) is 0 Å². The van der Waals surface area contributed by atoms with E-state index in [-0.39, 0.29) is 7.83 Å². The molecule has 0 amide bonds. The summed E-state index contributed by atoms with van der Waals surface area (Å²) in [7, 11) is 4.58. The van der Waals surface area contributed by atoms with Crippen molar-refractivity contribution in [2.75, 3.05) is 0 Å². The molecule has 6 radical (unpaired) electrons. The second-order valence-corrected chi connectivity index (χ2v) is 11.5. The summed E-state index contributed by atoms with van der Waals surface area (Å²) in [5.41, 5.74) is 1.47. The number of benzene rings is 1. The van der Waals surface area contributed by atoms with Crippen LogP contribution < -0.4 is 0 Å². The van der Waals surface area contributed by atoms with E-state index in [2.05, 4.69) is 46.6 Å². The summed E-state index contributed by atoms with van der Waals surface area (Å²) in [4.78, 5) is 0. The van der Waals surface area contributed by atoms with Crippen LogP contribution in [0.5, 0.6) is 0 Å². The van der Waals surface area contributed by atoms with Gasteiger partial charge in [-0.3, -0.25) is 0 Å². The van der Waals surface area contributed by atoms with Gasteiger partial charge in [-0.1, -0.05) is 42.4 Å². The van der Waals surface area contributed by atoms with Crippen LogP contribution in [0.25, 0.3) is 0 Å². The Balaban J connectivity index is 2.39. The predicted molar refractivity (Wildman–Crippen MR) is 53.3 cm³/mol. The van der Waals surface area contributed by atoms with Gasteiger partial charge >= 0.3 is 0 Å². The molecule has 0 saturated carbocycles. The van der Waals surface area contributed by atoms with Gasteiger partial charge in [-0.05, 0) is 6.04 Å². The van der Waals surface area contributed by atoms with E-state index in [0.717, 1.165) is 9.04 Å². The minimum Gasteiger partial charge on any atom is -0.0761 e. The lowest BCUT2D eigenvalue weighted by Gasteiger charge is -2.00. The molecule has 0 heterocycles. The van der Waals surface area contributed by atoms with Crippen LogP contribution in [0.4, 0.5) is 0 Å². The van der Waals surface area contributed by atoms with E-state index in [1.807, 2.05) is 0 Å². The molecule has 0 aliphatic rings. The van der Waals surface area contributed by atoms with E-state index in [0.29, 0.717) is 0 Å². The van der Waals surface area contributed by atoms with Crippen LogP contribution in [0.3, 0.4) is 0 Å². The van der Waals surface area contributed by atoms with Gasteiger partial charge < -0.3 is 0 Å². The molecule has 11 heavy (non-hydrogen) atoms. The van der Waals surface area contributed by atoms with E-state index in [1.165, 1.54) is 11.6 Å². The van der Waals surface area contributed by atoms with Crippen LogP contribution in [0.1, 0.15) is 5.56 Å². The second-order valence-electron chi connectivity index (χ2n) is 2.46. The summed E-state index contributed by atoms with van der Waals surface area (Å²) >= 11 is 0. The van der Waals surface area contributed by atoms with Crippen molar-refractivity contribution in [2.45, 2.75) is 12.6 Å². The third-order valence-electron chi connectivity index (χ3n) is 1.40. The number of rotatable bonds is 3. The van der Waals surface area contributed by atoms with Crippen LogP contribution in [0.15, 0.2) is 30.3 Å². The molecule has 0 aliphatic heterocycles. The molecule has 0 fully saturated rings. The highest BCUT2D eigenvalue weighted by Crippen LogP contribution is 1.98. The third-order valence-corrected chi connectivity index (χ3v) is 6.23. The lowest BCUT2D eigenvalue weighted by atomic mass is 10.2. The van der Waals surface area contributed by atoms with E-state index in [9.17, 15) is 0 Å². The molecular weight excluding hydrogens is 180 g/mol. The molecule has 0 aliphatic carbocycles. The summed E-state index contributed by atoms with van der Waals surface area (Å²) in [5, 5.41) is 0. The van der Waals surface area contributed by atoms with Gasteiger partial charge in [-0.25, -0.2) is 0 Å². The van der Waals surface area contributed by atoms with Crippen LogP contribution in [-0.2, 0) is 6.04 Å². The molecule has 0 aromatic heterocycles. The highest BCUT2D eigenvalue weighted by Gasteiger charge is 1.97. The van der Waals surface area contributed by atoms with Gasteiger partial charge in [0.1, 0.15) is 0 Å². The molecule has 0 nitrogen and oxygen atoms in total. The summed E-state index contributed by atoms with van der Waals surface area (Å²) in [6, 6.07) is 11.9. The highest BCUT2D eigenvalue weighted by molar-refractivity contribution is 7.34. The molecule has 1 rings (SSSR count). The molecule has 0 atom stereocenters. The fourth-order valence-corrected chi connectivity index (χ4v) is 3.74. The first-order valence-corrected chi connectivity index (χ1v) is 9.32. The summed E-state index contributed by atoms with van der Waals surface area (Å²) in [5.74, 6) is 0. The maximum absolute atomic E-state index is 3.69. The number of hydrogen-bond acceptors (Lipinski definition) is 0. The summed E-state index contributed by atoms with van der Waals surface area (Å²) in [6.45, 7) is 2.29. The van der Waals surface area contributed by atoms with Crippen molar-refractivity contribution in [3.8, 4) is 0 Å². The lowest BCUT2D eigenvalue weighted by Crippen LogP contribution is -2.20. The maximum atomic E-state index is 3.69.